The van der Waals surface area contributed by atoms with Gasteiger partial charge < -0.3 is 10.1 Å². The van der Waals surface area contributed by atoms with E-state index in [-0.39, 0.29) is 23.6 Å². The van der Waals surface area contributed by atoms with Gasteiger partial charge in [0.05, 0.1) is 6.20 Å². The lowest BCUT2D eigenvalue weighted by Gasteiger charge is -2.30. The van der Waals surface area contributed by atoms with Gasteiger partial charge in [-0.3, -0.25) is 0 Å². The molecule has 2 unspecified atom stereocenters. The Morgan fingerprint density at radius 1 is 1.50 bits per heavy atom. The standard InChI is InChI=1S/C11H19N3O3S/c1-8-12-6-11(13-8)18(16,17)14-10-5-3-2-4-9(10)7-15/h6,9-10,14-15H,2-5,7H2,1H3,(H,12,13). The molecule has 7 heteroatoms. The van der Waals surface area contributed by atoms with Crippen LogP contribution < -0.4 is 4.72 Å². The highest BCUT2D eigenvalue weighted by Crippen LogP contribution is 2.25. The Hall–Kier alpha value is -0.920. The minimum Gasteiger partial charge on any atom is -0.396 e. The number of aromatic amines is 1. The Morgan fingerprint density at radius 2 is 2.22 bits per heavy atom. The van der Waals surface area contributed by atoms with Crippen LogP contribution >= 0.6 is 0 Å². The first-order chi connectivity index (χ1) is 8.53. The van der Waals surface area contributed by atoms with Gasteiger partial charge in [-0.05, 0) is 25.7 Å². The third-order valence-electron chi connectivity index (χ3n) is 3.42. The maximum absolute atomic E-state index is 12.1. The molecule has 1 saturated carbocycles. The van der Waals surface area contributed by atoms with Crippen molar-refractivity contribution in [2.45, 2.75) is 43.7 Å². The summed E-state index contributed by atoms with van der Waals surface area (Å²) < 4.78 is 26.9. The zero-order valence-electron chi connectivity index (χ0n) is 10.4. The molecule has 1 fully saturated rings. The first-order valence-corrected chi connectivity index (χ1v) is 7.66. The molecule has 0 saturated heterocycles. The van der Waals surface area contributed by atoms with Gasteiger partial charge in [-0.25, -0.2) is 18.1 Å². The zero-order chi connectivity index (χ0) is 13.2. The third-order valence-corrected chi connectivity index (χ3v) is 4.82. The van der Waals surface area contributed by atoms with Crippen LogP contribution in [0.2, 0.25) is 0 Å². The maximum Gasteiger partial charge on any atom is 0.257 e. The van der Waals surface area contributed by atoms with Crippen molar-refractivity contribution >= 4 is 10.0 Å². The molecule has 0 aliphatic heterocycles. The summed E-state index contributed by atoms with van der Waals surface area (Å²) in [5, 5.41) is 9.36. The van der Waals surface area contributed by atoms with E-state index in [1.807, 2.05) is 0 Å². The van der Waals surface area contributed by atoms with Crippen LogP contribution in [0.15, 0.2) is 11.2 Å². The van der Waals surface area contributed by atoms with Crippen LogP contribution in [0.1, 0.15) is 31.5 Å². The topological polar surface area (TPSA) is 95.1 Å². The number of sulfonamides is 1. The second kappa shape index (κ2) is 5.38. The number of nitrogens with one attached hydrogen (secondary N) is 2. The van der Waals surface area contributed by atoms with Crippen molar-refractivity contribution in [3.63, 3.8) is 0 Å². The summed E-state index contributed by atoms with van der Waals surface area (Å²) in [6.07, 6.45) is 5.00. The SMILES string of the molecule is Cc1ncc(S(=O)(=O)NC2CCCCC2CO)[nH]1. The molecule has 18 heavy (non-hydrogen) atoms. The second-order valence-corrected chi connectivity index (χ2v) is 6.47. The van der Waals surface area contributed by atoms with Crippen LogP contribution in [0.25, 0.3) is 0 Å². The lowest BCUT2D eigenvalue weighted by atomic mass is 9.86. The van der Waals surface area contributed by atoms with E-state index in [4.69, 9.17) is 0 Å². The molecular formula is C11H19N3O3S. The average Bonchev–Trinajstić information content (AvgIpc) is 2.77. The predicted octanol–water partition coefficient (Wildman–Crippen LogP) is 0.548. The van der Waals surface area contributed by atoms with Gasteiger partial charge >= 0.3 is 0 Å². The van der Waals surface area contributed by atoms with Crippen LogP contribution in [0.3, 0.4) is 0 Å². The average molecular weight is 273 g/mol. The number of aryl methyl sites for hydroxylation is 1. The fourth-order valence-electron chi connectivity index (χ4n) is 2.38. The highest BCUT2D eigenvalue weighted by atomic mass is 32.2. The van der Waals surface area contributed by atoms with E-state index < -0.39 is 10.0 Å². The number of rotatable bonds is 4. The van der Waals surface area contributed by atoms with Crippen LogP contribution in [0.5, 0.6) is 0 Å². The highest BCUT2D eigenvalue weighted by Gasteiger charge is 2.29. The summed E-state index contributed by atoms with van der Waals surface area (Å²) in [5.74, 6) is 0.579. The summed E-state index contributed by atoms with van der Waals surface area (Å²) in [4.78, 5) is 6.61. The molecule has 2 rings (SSSR count). The van der Waals surface area contributed by atoms with Gasteiger partial charge in [-0.2, -0.15) is 0 Å². The Labute approximate surface area is 107 Å². The molecule has 1 aliphatic carbocycles. The minimum atomic E-state index is -3.56. The highest BCUT2D eigenvalue weighted by molar-refractivity contribution is 7.89. The van der Waals surface area contributed by atoms with Crippen molar-refractivity contribution in [1.29, 1.82) is 0 Å². The number of aromatic nitrogens is 2. The molecular weight excluding hydrogens is 254 g/mol. The van der Waals surface area contributed by atoms with E-state index in [1.165, 1.54) is 6.20 Å². The Morgan fingerprint density at radius 3 is 2.83 bits per heavy atom. The van der Waals surface area contributed by atoms with Crippen molar-refractivity contribution in [2.75, 3.05) is 6.61 Å². The molecule has 3 N–H and O–H groups in total. The molecule has 0 bridgehead atoms. The number of aliphatic hydroxyl groups is 1. The molecule has 1 aromatic rings. The fraction of sp³-hybridized carbons (Fsp3) is 0.727. The number of imidazole rings is 1. The minimum absolute atomic E-state index is 0.0116. The lowest BCUT2D eigenvalue weighted by Crippen LogP contribution is -2.43. The molecule has 1 aromatic heterocycles. The summed E-state index contributed by atoms with van der Waals surface area (Å²) in [6.45, 7) is 1.73. The van der Waals surface area contributed by atoms with Gasteiger partial charge in [0.2, 0.25) is 0 Å². The van der Waals surface area contributed by atoms with E-state index in [2.05, 4.69) is 14.7 Å². The number of hydrogen-bond donors (Lipinski definition) is 3. The van der Waals surface area contributed by atoms with E-state index >= 15 is 0 Å². The van der Waals surface area contributed by atoms with Gasteiger partial charge in [0.15, 0.2) is 5.03 Å². The summed E-state index contributed by atoms with van der Waals surface area (Å²) >= 11 is 0. The summed E-state index contributed by atoms with van der Waals surface area (Å²) in [5.41, 5.74) is 0. The van der Waals surface area contributed by atoms with Gasteiger partial charge in [0, 0.05) is 12.6 Å². The van der Waals surface area contributed by atoms with Gasteiger partial charge in [-0.1, -0.05) is 12.8 Å². The Bertz CT molecular complexity index is 497. The Balaban J connectivity index is 2.12. The van der Waals surface area contributed by atoms with Gasteiger partial charge in [0.25, 0.3) is 10.0 Å². The van der Waals surface area contributed by atoms with Crippen LogP contribution in [-0.4, -0.2) is 36.1 Å². The lowest BCUT2D eigenvalue weighted by molar-refractivity contribution is 0.164. The first kappa shape index (κ1) is 13.5. The summed E-state index contributed by atoms with van der Waals surface area (Å²) in [7, 11) is -3.56. The summed E-state index contributed by atoms with van der Waals surface area (Å²) in [6, 6.07) is -0.183. The van der Waals surface area contributed by atoms with Crippen molar-refractivity contribution in [3.05, 3.63) is 12.0 Å². The van der Waals surface area contributed by atoms with Crippen LogP contribution in [0.4, 0.5) is 0 Å². The van der Waals surface area contributed by atoms with E-state index in [0.29, 0.717) is 5.82 Å². The molecule has 1 aliphatic rings. The molecule has 6 nitrogen and oxygen atoms in total. The molecule has 0 radical (unpaired) electrons. The van der Waals surface area contributed by atoms with E-state index in [1.54, 1.807) is 6.92 Å². The zero-order valence-corrected chi connectivity index (χ0v) is 11.2. The van der Waals surface area contributed by atoms with Crippen molar-refractivity contribution in [2.24, 2.45) is 5.92 Å². The monoisotopic (exact) mass is 273 g/mol. The molecule has 0 amide bonds. The van der Waals surface area contributed by atoms with E-state index in [0.717, 1.165) is 25.7 Å². The quantitative estimate of drug-likeness (QED) is 0.746. The molecule has 2 atom stereocenters. The normalized spacial score (nSPS) is 25.2. The number of H-pyrrole nitrogens is 1. The largest absolute Gasteiger partial charge is 0.396 e. The smallest absolute Gasteiger partial charge is 0.257 e. The molecule has 1 heterocycles. The number of hydrogen-bond acceptors (Lipinski definition) is 4. The second-order valence-electron chi connectivity index (χ2n) is 4.79. The molecule has 0 spiro atoms. The maximum atomic E-state index is 12.1. The van der Waals surface area contributed by atoms with Crippen molar-refractivity contribution in [1.82, 2.24) is 14.7 Å². The number of aliphatic hydroxyl groups excluding tert-OH is 1. The Kier molecular flexibility index (Phi) is 4.04. The van der Waals surface area contributed by atoms with Gasteiger partial charge in [-0.15, -0.1) is 0 Å². The van der Waals surface area contributed by atoms with E-state index in [9.17, 15) is 13.5 Å². The van der Waals surface area contributed by atoms with Crippen LogP contribution in [-0.2, 0) is 10.0 Å². The predicted molar refractivity (Wildman–Crippen MR) is 66.5 cm³/mol. The van der Waals surface area contributed by atoms with Crippen molar-refractivity contribution in [3.8, 4) is 0 Å². The molecule has 0 aromatic carbocycles. The fourth-order valence-corrected chi connectivity index (χ4v) is 3.69. The first-order valence-electron chi connectivity index (χ1n) is 6.18. The van der Waals surface area contributed by atoms with Gasteiger partial charge in [0.1, 0.15) is 5.82 Å². The molecule has 102 valence electrons. The third kappa shape index (κ3) is 2.90. The van der Waals surface area contributed by atoms with Crippen molar-refractivity contribution < 1.29 is 13.5 Å². The number of nitrogens with zero attached hydrogens (tertiary/aromatic N) is 1. The van der Waals surface area contributed by atoms with Crippen LogP contribution in [0, 0.1) is 12.8 Å².